The normalized spacial score (nSPS) is 11.0. The molecule has 0 aliphatic rings. The van der Waals surface area contributed by atoms with Gasteiger partial charge in [0.15, 0.2) is 0 Å². The summed E-state index contributed by atoms with van der Waals surface area (Å²) in [6, 6.07) is 23.1. The van der Waals surface area contributed by atoms with E-state index >= 15 is 0 Å². The lowest BCUT2D eigenvalue weighted by Gasteiger charge is -2.09. The Balaban J connectivity index is 1.68. The zero-order valence-electron chi connectivity index (χ0n) is 16.9. The van der Waals surface area contributed by atoms with Gasteiger partial charge in [-0.2, -0.15) is 5.26 Å². The monoisotopic (exact) mass is 586 g/mol. The van der Waals surface area contributed by atoms with Crippen molar-refractivity contribution in [2.24, 2.45) is 0 Å². The second kappa shape index (κ2) is 11.1. The van der Waals surface area contributed by atoms with Crippen molar-refractivity contribution in [1.82, 2.24) is 0 Å². The summed E-state index contributed by atoms with van der Waals surface area (Å²) < 4.78 is 7.80. The number of aryl methyl sites for hydroxylation is 1. The number of benzene rings is 3. The third kappa shape index (κ3) is 6.68. The lowest BCUT2D eigenvalue weighted by Crippen LogP contribution is -2.13. The smallest absolute Gasteiger partial charge is 0.266 e. The van der Waals surface area contributed by atoms with Crippen LogP contribution < -0.4 is 10.1 Å². The Morgan fingerprint density at radius 1 is 1.10 bits per heavy atom. The van der Waals surface area contributed by atoms with Crippen molar-refractivity contribution in [2.75, 3.05) is 5.32 Å². The highest BCUT2D eigenvalue weighted by molar-refractivity contribution is 14.1. The van der Waals surface area contributed by atoms with E-state index in [4.69, 9.17) is 4.74 Å². The van der Waals surface area contributed by atoms with E-state index in [1.54, 1.807) is 6.08 Å². The van der Waals surface area contributed by atoms with Gasteiger partial charge in [0.05, 0.1) is 4.47 Å². The lowest BCUT2D eigenvalue weighted by atomic mass is 10.1. The summed E-state index contributed by atoms with van der Waals surface area (Å²) in [5, 5.41) is 12.2. The molecule has 0 aliphatic heterocycles. The van der Waals surface area contributed by atoms with E-state index in [9.17, 15) is 10.1 Å². The third-order valence-corrected chi connectivity index (χ3v) is 5.90. The first-order valence-corrected chi connectivity index (χ1v) is 11.5. The number of carbonyl (C=O) groups is 1. The maximum atomic E-state index is 12.5. The van der Waals surface area contributed by atoms with E-state index in [0.717, 1.165) is 22.0 Å². The number of carbonyl (C=O) groups excluding carboxylic acids is 1. The van der Waals surface area contributed by atoms with Crippen molar-refractivity contribution in [3.05, 3.63) is 97.0 Å². The Bertz CT molecular complexity index is 1130. The van der Waals surface area contributed by atoms with Crippen molar-refractivity contribution in [3.8, 4) is 11.8 Å². The van der Waals surface area contributed by atoms with Gasteiger partial charge >= 0.3 is 0 Å². The SMILES string of the molecule is CCc1ccc(NC(=O)/C(C#N)=C/c2ccc(OCc3ccc(I)cc3)c(Br)c2)cc1. The Hall–Kier alpha value is -2.63. The number of hydrogen-bond acceptors (Lipinski definition) is 3. The van der Waals surface area contributed by atoms with Crippen LogP contribution in [0.25, 0.3) is 6.08 Å². The highest BCUT2D eigenvalue weighted by Gasteiger charge is 2.11. The number of nitrogens with zero attached hydrogens (tertiary/aromatic N) is 1. The molecule has 0 atom stereocenters. The minimum atomic E-state index is -0.443. The molecule has 1 amide bonds. The fourth-order valence-corrected chi connectivity index (χ4v) is 3.67. The molecule has 3 aromatic rings. The zero-order chi connectivity index (χ0) is 22.2. The highest BCUT2D eigenvalue weighted by atomic mass is 127. The van der Waals surface area contributed by atoms with E-state index in [-0.39, 0.29) is 5.57 Å². The van der Waals surface area contributed by atoms with E-state index in [0.29, 0.717) is 18.0 Å². The van der Waals surface area contributed by atoms with Crippen molar-refractivity contribution >= 4 is 56.2 Å². The first-order valence-electron chi connectivity index (χ1n) is 9.67. The molecule has 0 saturated heterocycles. The molecule has 156 valence electrons. The topological polar surface area (TPSA) is 62.1 Å². The lowest BCUT2D eigenvalue weighted by molar-refractivity contribution is -0.112. The number of amides is 1. The average Bonchev–Trinajstić information content (AvgIpc) is 2.78. The summed E-state index contributed by atoms with van der Waals surface area (Å²) >= 11 is 5.78. The molecule has 0 bridgehead atoms. The molecule has 0 heterocycles. The van der Waals surface area contributed by atoms with Gasteiger partial charge in [0.2, 0.25) is 0 Å². The second-order valence-electron chi connectivity index (χ2n) is 6.78. The predicted octanol–water partition coefficient (Wildman–Crippen LogP) is 6.74. The second-order valence-corrected chi connectivity index (χ2v) is 8.88. The Labute approximate surface area is 204 Å². The first-order chi connectivity index (χ1) is 15.0. The summed E-state index contributed by atoms with van der Waals surface area (Å²) in [6.45, 7) is 2.52. The number of hydrogen-bond donors (Lipinski definition) is 1. The molecule has 1 N–H and O–H groups in total. The number of halogens is 2. The Kier molecular flexibility index (Phi) is 8.27. The maximum Gasteiger partial charge on any atom is 0.266 e. The zero-order valence-corrected chi connectivity index (χ0v) is 20.6. The fourth-order valence-electron chi connectivity index (χ4n) is 2.80. The van der Waals surface area contributed by atoms with Crippen LogP contribution in [-0.4, -0.2) is 5.91 Å². The van der Waals surface area contributed by atoms with Gasteiger partial charge in [-0.3, -0.25) is 4.79 Å². The molecule has 0 unspecified atom stereocenters. The predicted molar refractivity (Wildman–Crippen MR) is 136 cm³/mol. The average molecular weight is 587 g/mol. The number of rotatable bonds is 7. The van der Waals surface area contributed by atoms with Crippen LogP contribution in [0.3, 0.4) is 0 Å². The number of anilines is 1. The number of nitrogens with one attached hydrogen (secondary N) is 1. The molecule has 0 fully saturated rings. The summed E-state index contributed by atoms with van der Waals surface area (Å²) in [7, 11) is 0. The molecule has 0 saturated carbocycles. The van der Waals surface area contributed by atoms with Gasteiger partial charge < -0.3 is 10.1 Å². The van der Waals surface area contributed by atoms with Crippen molar-refractivity contribution in [1.29, 1.82) is 5.26 Å². The summed E-state index contributed by atoms with van der Waals surface area (Å²) in [5.74, 6) is 0.247. The van der Waals surface area contributed by atoms with Crippen LogP contribution in [-0.2, 0) is 17.8 Å². The number of nitriles is 1. The minimum Gasteiger partial charge on any atom is -0.488 e. The molecule has 0 radical (unpaired) electrons. The molecular formula is C25H20BrIN2O2. The molecule has 4 nitrogen and oxygen atoms in total. The largest absolute Gasteiger partial charge is 0.488 e. The Morgan fingerprint density at radius 3 is 2.39 bits per heavy atom. The number of ether oxygens (including phenoxy) is 1. The quantitative estimate of drug-likeness (QED) is 0.189. The van der Waals surface area contributed by atoms with Gasteiger partial charge in [-0.15, -0.1) is 0 Å². The van der Waals surface area contributed by atoms with Crippen LogP contribution in [0.4, 0.5) is 5.69 Å². The van der Waals surface area contributed by atoms with E-state index < -0.39 is 5.91 Å². The minimum absolute atomic E-state index is 0.0269. The van der Waals surface area contributed by atoms with Crippen LogP contribution in [0.1, 0.15) is 23.6 Å². The van der Waals surface area contributed by atoms with Crippen LogP contribution in [0.5, 0.6) is 5.75 Å². The van der Waals surface area contributed by atoms with E-state index in [1.165, 1.54) is 9.13 Å². The summed E-state index contributed by atoms with van der Waals surface area (Å²) in [4.78, 5) is 12.5. The third-order valence-electron chi connectivity index (χ3n) is 4.56. The highest BCUT2D eigenvalue weighted by Crippen LogP contribution is 2.28. The molecule has 3 rings (SSSR count). The van der Waals surface area contributed by atoms with Crippen LogP contribution >= 0.6 is 38.5 Å². The van der Waals surface area contributed by atoms with E-state index in [2.05, 4.69) is 50.8 Å². The van der Waals surface area contributed by atoms with Gasteiger partial charge in [0.25, 0.3) is 5.91 Å². The van der Waals surface area contributed by atoms with Crippen molar-refractivity contribution in [3.63, 3.8) is 0 Å². The molecule has 31 heavy (non-hydrogen) atoms. The van der Waals surface area contributed by atoms with Crippen molar-refractivity contribution < 1.29 is 9.53 Å². The van der Waals surface area contributed by atoms with Crippen molar-refractivity contribution in [2.45, 2.75) is 20.0 Å². The first kappa shape index (κ1) is 23.0. The molecule has 0 aromatic heterocycles. The van der Waals surface area contributed by atoms with Gasteiger partial charge in [-0.25, -0.2) is 0 Å². The molecule has 3 aromatic carbocycles. The molecular weight excluding hydrogens is 567 g/mol. The van der Waals surface area contributed by atoms with Crippen LogP contribution in [0.15, 0.2) is 76.8 Å². The maximum absolute atomic E-state index is 12.5. The van der Waals surface area contributed by atoms with Crippen LogP contribution in [0, 0.1) is 14.9 Å². The van der Waals surface area contributed by atoms with Gasteiger partial charge in [0, 0.05) is 9.26 Å². The molecule has 0 aliphatic carbocycles. The fraction of sp³-hybridized carbons (Fsp3) is 0.120. The standard InChI is InChI=1S/C25H20BrIN2O2/c1-2-17-5-10-22(11-6-17)29-25(30)20(15-28)13-19-7-12-24(23(26)14-19)31-16-18-3-8-21(27)9-4-18/h3-14H,2,16H2,1H3,(H,29,30)/b20-13+. The summed E-state index contributed by atoms with van der Waals surface area (Å²) in [5.41, 5.74) is 3.67. The molecule has 0 spiro atoms. The van der Waals surface area contributed by atoms with E-state index in [1.807, 2.05) is 72.8 Å². The van der Waals surface area contributed by atoms with Crippen LogP contribution in [0.2, 0.25) is 0 Å². The Morgan fingerprint density at radius 2 is 1.77 bits per heavy atom. The van der Waals surface area contributed by atoms with Gasteiger partial charge in [-0.1, -0.05) is 37.3 Å². The van der Waals surface area contributed by atoms with Gasteiger partial charge in [-0.05, 0) is 104 Å². The molecule has 6 heteroatoms. The summed E-state index contributed by atoms with van der Waals surface area (Å²) in [6.07, 6.45) is 2.49. The van der Waals surface area contributed by atoms with Gasteiger partial charge in [0.1, 0.15) is 24.0 Å².